The van der Waals surface area contributed by atoms with Gasteiger partial charge in [0.1, 0.15) is 11.6 Å². The van der Waals surface area contributed by atoms with Gasteiger partial charge in [0.2, 0.25) is 0 Å². The molecular weight excluding hydrogens is 272 g/mol. The lowest BCUT2D eigenvalue weighted by Gasteiger charge is -2.08. The smallest absolute Gasteiger partial charge is 0.131 e. The molecule has 20 heavy (non-hydrogen) atoms. The molecule has 1 heterocycles. The van der Waals surface area contributed by atoms with E-state index in [1.54, 1.807) is 7.11 Å². The van der Waals surface area contributed by atoms with Crippen LogP contribution < -0.4 is 10.1 Å². The summed E-state index contributed by atoms with van der Waals surface area (Å²) >= 11 is 6.17. The number of halogens is 1. The van der Waals surface area contributed by atoms with Crippen LogP contribution in [0.25, 0.3) is 10.9 Å². The Morgan fingerprint density at radius 1 is 1.05 bits per heavy atom. The Hall–Kier alpha value is -2.26. The SMILES string of the molecule is COc1cccc(Nc2ccc3cccc(Cl)c3n2)c1. The second kappa shape index (κ2) is 5.39. The van der Waals surface area contributed by atoms with Crippen molar-refractivity contribution in [1.29, 1.82) is 0 Å². The van der Waals surface area contributed by atoms with Crippen LogP contribution >= 0.6 is 11.6 Å². The largest absolute Gasteiger partial charge is 0.497 e. The summed E-state index contributed by atoms with van der Waals surface area (Å²) in [6.45, 7) is 0. The number of pyridine rings is 1. The number of anilines is 2. The molecule has 0 fully saturated rings. The molecule has 1 N–H and O–H groups in total. The molecule has 0 atom stereocenters. The Morgan fingerprint density at radius 3 is 2.75 bits per heavy atom. The average Bonchev–Trinajstić information content (AvgIpc) is 2.48. The minimum Gasteiger partial charge on any atom is -0.497 e. The molecule has 0 amide bonds. The number of para-hydroxylation sites is 1. The standard InChI is InChI=1S/C16H13ClN2O/c1-20-13-6-3-5-12(10-13)18-15-9-8-11-4-2-7-14(17)16(11)19-15/h2-10H,1H3,(H,18,19). The zero-order valence-corrected chi connectivity index (χ0v) is 11.7. The van der Waals surface area contributed by atoms with Crippen LogP contribution in [-0.4, -0.2) is 12.1 Å². The van der Waals surface area contributed by atoms with E-state index in [0.29, 0.717) is 5.02 Å². The Morgan fingerprint density at radius 2 is 1.90 bits per heavy atom. The van der Waals surface area contributed by atoms with Gasteiger partial charge >= 0.3 is 0 Å². The van der Waals surface area contributed by atoms with Gasteiger partial charge in [0.15, 0.2) is 0 Å². The van der Waals surface area contributed by atoms with Crippen molar-refractivity contribution in [2.45, 2.75) is 0 Å². The molecule has 3 rings (SSSR count). The van der Waals surface area contributed by atoms with Crippen molar-refractivity contribution in [3.05, 3.63) is 59.6 Å². The first-order valence-corrected chi connectivity index (χ1v) is 6.60. The Balaban J connectivity index is 1.96. The second-order valence-corrected chi connectivity index (χ2v) is 4.77. The number of nitrogens with zero attached hydrogens (tertiary/aromatic N) is 1. The van der Waals surface area contributed by atoms with E-state index in [2.05, 4.69) is 10.3 Å². The van der Waals surface area contributed by atoms with Gasteiger partial charge in [0, 0.05) is 17.1 Å². The van der Waals surface area contributed by atoms with Crippen LogP contribution in [0.15, 0.2) is 54.6 Å². The maximum Gasteiger partial charge on any atom is 0.131 e. The van der Waals surface area contributed by atoms with Gasteiger partial charge in [0.25, 0.3) is 0 Å². The molecule has 0 saturated heterocycles. The van der Waals surface area contributed by atoms with Crippen molar-refractivity contribution in [3.8, 4) is 5.75 Å². The highest BCUT2D eigenvalue weighted by molar-refractivity contribution is 6.35. The topological polar surface area (TPSA) is 34.1 Å². The molecule has 3 nitrogen and oxygen atoms in total. The van der Waals surface area contributed by atoms with Crippen LogP contribution in [0.4, 0.5) is 11.5 Å². The zero-order valence-electron chi connectivity index (χ0n) is 10.9. The van der Waals surface area contributed by atoms with E-state index in [1.807, 2.05) is 54.6 Å². The summed E-state index contributed by atoms with van der Waals surface area (Å²) in [5.41, 5.74) is 1.71. The monoisotopic (exact) mass is 284 g/mol. The van der Waals surface area contributed by atoms with Gasteiger partial charge in [-0.2, -0.15) is 0 Å². The molecule has 0 aliphatic rings. The first kappa shape index (κ1) is 12.8. The molecule has 1 aromatic heterocycles. The Kier molecular flexibility index (Phi) is 3.44. The number of hydrogen-bond donors (Lipinski definition) is 1. The summed E-state index contributed by atoms with van der Waals surface area (Å²) in [7, 11) is 1.65. The van der Waals surface area contributed by atoms with Gasteiger partial charge in [0.05, 0.1) is 17.6 Å². The summed E-state index contributed by atoms with van der Waals surface area (Å²) < 4.78 is 5.20. The number of hydrogen-bond acceptors (Lipinski definition) is 3. The van der Waals surface area contributed by atoms with Crippen molar-refractivity contribution < 1.29 is 4.74 Å². The quantitative estimate of drug-likeness (QED) is 0.761. The third kappa shape index (κ3) is 2.53. The Bertz CT molecular complexity index is 758. The number of rotatable bonds is 3. The highest BCUT2D eigenvalue weighted by atomic mass is 35.5. The molecule has 4 heteroatoms. The molecule has 100 valence electrons. The van der Waals surface area contributed by atoms with E-state index in [-0.39, 0.29) is 0 Å². The van der Waals surface area contributed by atoms with Gasteiger partial charge in [-0.05, 0) is 30.3 Å². The van der Waals surface area contributed by atoms with Crippen molar-refractivity contribution in [1.82, 2.24) is 4.98 Å². The summed E-state index contributed by atoms with van der Waals surface area (Å²) in [6.07, 6.45) is 0. The maximum absolute atomic E-state index is 6.17. The normalized spacial score (nSPS) is 10.5. The van der Waals surface area contributed by atoms with E-state index in [9.17, 15) is 0 Å². The zero-order chi connectivity index (χ0) is 13.9. The van der Waals surface area contributed by atoms with E-state index >= 15 is 0 Å². The van der Waals surface area contributed by atoms with Crippen LogP contribution in [0.2, 0.25) is 5.02 Å². The first-order valence-electron chi connectivity index (χ1n) is 6.22. The van der Waals surface area contributed by atoms with E-state index in [4.69, 9.17) is 16.3 Å². The molecule has 0 aliphatic carbocycles. The van der Waals surface area contributed by atoms with Gasteiger partial charge in [-0.3, -0.25) is 0 Å². The number of ether oxygens (including phenoxy) is 1. The van der Waals surface area contributed by atoms with Crippen LogP contribution in [0.3, 0.4) is 0 Å². The van der Waals surface area contributed by atoms with Gasteiger partial charge in [-0.15, -0.1) is 0 Å². The summed E-state index contributed by atoms with van der Waals surface area (Å²) in [5, 5.41) is 4.92. The van der Waals surface area contributed by atoms with E-state index in [1.165, 1.54) is 0 Å². The molecule has 3 aromatic rings. The number of nitrogens with one attached hydrogen (secondary N) is 1. The molecular formula is C16H13ClN2O. The molecule has 0 aliphatic heterocycles. The third-order valence-corrected chi connectivity index (χ3v) is 3.32. The predicted molar refractivity (Wildman–Crippen MR) is 83.0 cm³/mol. The fourth-order valence-electron chi connectivity index (χ4n) is 2.03. The minimum absolute atomic E-state index is 0.650. The summed E-state index contributed by atoms with van der Waals surface area (Å²) in [6, 6.07) is 17.4. The molecule has 2 aromatic carbocycles. The fraction of sp³-hybridized carbons (Fsp3) is 0.0625. The second-order valence-electron chi connectivity index (χ2n) is 4.37. The predicted octanol–water partition coefficient (Wildman–Crippen LogP) is 4.64. The van der Waals surface area contributed by atoms with Gasteiger partial charge in [-0.25, -0.2) is 4.98 Å². The third-order valence-electron chi connectivity index (χ3n) is 3.01. The summed E-state index contributed by atoms with van der Waals surface area (Å²) in [5.74, 6) is 1.55. The number of benzene rings is 2. The highest BCUT2D eigenvalue weighted by Crippen LogP contribution is 2.25. The van der Waals surface area contributed by atoms with E-state index < -0.39 is 0 Å². The van der Waals surface area contributed by atoms with Crippen LogP contribution in [0.5, 0.6) is 5.75 Å². The fourth-order valence-corrected chi connectivity index (χ4v) is 2.25. The maximum atomic E-state index is 6.17. The molecule has 0 bridgehead atoms. The van der Waals surface area contributed by atoms with Crippen molar-refractivity contribution in [2.75, 3.05) is 12.4 Å². The van der Waals surface area contributed by atoms with Crippen molar-refractivity contribution in [2.24, 2.45) is 0 Å². The van der Waals surface area contributed by atoms with Crippen molar-refractivity contribution >= 4 is 34.0 Å². The summed E-state index contributed by atoms with van der Waals surface area (Å²) in [4.78, 5) is 4.54. The highest BCUT2D eigenvalue weighted by Gasteiger charge is 2.03. The van der Waals surface area contributed by atoms with Crippen LogP contribution in [0, 0.1) is 0 Å². The number of methoxy groups -OCH3 is 1. The molecule has 0 spiro atoms. The van der Waals surface area contributed by atoms with E-state index in [0.717, 1.165) is 28.2 Å². The van der Waals surface area contributed by atoms with Gasteiger partial charge < -0.3 is 10.1 Å². The lowest BCUT2D eigenvalue weighted by molar-refractivity contribution is 0.415. The average molecular weight is 285 g/mol. The Labute approximate surface area is 122 Å². The molecule has 0 saturated carbocycles. The first-order chi connectivity index (χ1) is 9.76. The van der Waals surface area contributed by atoms with Crippen molar-refractivity contribution in [3.63, 3.8) is 0 Å². The van der Waals surface area contributed by atoms with Crippen LogP contribution in [0.1, 0.15) is 0 Å². The number of fused-ring (bicyclic) bond motifs is 1. The minimum atomic E-state index is 0.650. The van der Waals surface area contributed by atoms with Crippen LogP contribution in [-0.2, 0) is 0 Å². The molecule has 0 radical (unpaired) electrons. The molecule has 0 unspecified atom stereocenters. The van der Waals surface area contributed by atoms with Gasteiger partial charge in [-0.1, -0.05) is 29.8 Å². The lowest BCUT2D eigenvalue weighted by Crippen LogP contribution is -1.94. The lowest BCUT2D eigenvalue weighted by atomic mass is 10.2. The number of aromatic nitrogens is 1.